The number of amides is 1. The SMILES string of the molecule is CC1CCC(N(C)C(=O)CSc2cc(N)cc(F)c2)CC1. The van der Waals surface area contributed by atoms with E-state index in [2.05, 4.69) is 6.92 Å². The molecule has 1 fully saturated rings. The molecule has 5 heteroatoms. The Hall–Kier alpha value is -1.23. The van der Waals surface area contributed by atoms with Gasteiger partial charge in [-0.3, -0.25) is 4.79 Å². The minimum Gasteiger partial charge on any atom is -0.399 e. The molecular weight excluding hydrogens is 287 g/mol. The average Bonchev–Trinajstić information content (AvgIpc) is 2.44. The molecule has 21 heavy (non-hydrogen) atoms. The molecule has 0 spiro atoms. The van der Waals surface area contributed by atoms with Crippen LogP contribution in [0.25, 0.3) is 0 Å². The minimum atomic E-state index is -0.362. The number of carbonyl (C=O) groups excluding carboxylic acids is 1. The van der Waals surface area contributed by atoms with Crippen LogP contribution in [0.1, 0.15) is 32.6 Å². The normalized spacial score (nSPS) is 22.0. The molecule has 1 amide bonds. The molecule has 0 aliphatic heterocycles. The van der Waals surface area contributed by atoms with Crippen LogP contribution in [-0.2, 0) is 4.79 Å². The lowest BCUT2D eigenvalue weighted by Crippen LogP contribution is -2.40. The number of nitrogens with zero attached hydrogens (tertiary/aromatic N) is 1. The van der Waals surface area contributed by atoms with Crippen molar-refractivity contribution >= 4 is 23.4 Å². The summed E-state index contributed by atoms with van der Waals surface area (Å²) < 4.78 is 13.2. The van der Waals surface area contributed by atoms with E-state index in [4.69, 9.17) is 5.73 Å². The van der Waals surface area contributed by atoms with Crippen LogP contribution in [0.15, 0.2) is 23.1 Å². The maximum atomic E-state index is 13.2. The van der Waals surface area contributed by atoms with E-state index in [1.165, 1.54) is 36.7 Å². The van der Waals surface area contributed by atoms with Gasteiger partial charge in [0.15, 0.2) is 0 Å². The van der Waals surface area contributed by atoms with Crippen molar-refractivity contribution < 1.29 is 9.18 Å². The van der Waals surface area contributed by atoms with E-state index >= 15 is 0 Å². The molecule has 1 aromatic rings. The summed E-state index contributed by atoms with van der Waals surface area (Å²) >= 11 is 1.34. The lowest BCUT2D eigenvalue weighted by atomic mass is 9.87. The first kappa shape index (κ1) is 16.1. The Balaban J connectivity index is 1.86. The van der Waals surface area contributed by atoms with Crippen LogP contribution in [0.4, 0.5) is 10.1 Å². The van der Waals surface area contributed by atoms with Crippen molar-refractivity contribution in [1.29, 1.82) is 0 Å². The van der Waals surface area contributed by atoms with Crippen molar-refractivity contribution in [1.82, 2.24) is 4.90 Å². The van der Waals surface area contributed by atoms with E-state index in [1.807, 2.05) is 11.9 Å². The molecule has 0 aromatic heterocycles. The molecule has 1 aromatic carbocycles. The Labute approximate surface area is 130 Å². The van der Waals surface area contributed by atoms with Crippen molar-refractivity contribution in [2.75, 3.05) is 18.5 Å². The molecular formula is C16H23FN2OS. The van der Waals surface area contributed by atoms with Crippen molar-refractivity contribution in [3.8, 4) is 0 Å². The van der Waals surface area contributed by atoms with Crippen molar-refractivity contribution in [3.05, 3.63) is 24.0 Å². The summed E-state index contributed by atoms with van der Waals surface area (Å²) in [6.45, 7) is 2.27. The van der Waals surface area contributed by atoms with E-state index in [-0.39, 0.29) is 11.7 Å². The molecule has 0 heterocycles. The van der Waals surface area contributed by atoms with Crippen LogP contribution < -0.4 is 5.73 Å². The summed E-state index contributed by atoms with van der Waals surface area (Å²) in [7, 11) is 1.88. The van der Waals surface area contributed by atoms with Crippen LogP contribution in [-0.4, -0.2) is 29.6 Å². The first-order valence-corrected chi connectivity index (χ1v) is 8.39. The third-order valence-corrected chi connectivity index (χ3v) is 5.14. The van der Waals surface area contributed by atoms with Crippen molar-refractivity contribution in [2.45, 2.75) is 43.5 Å². The first-order chi connectivity index (χ1) is 9.95. The summed E-state index contributed by atoms with van der Waals surface area (Å²) in [6.07, 6.45) is 4.55. The van der Waals surface area contributed by atoms with Gasteiger partial charge < -0.3 is 10.6 Å². The molecule has 116 valence electrons. The van der Waals surface area contributed by atoms with Crippen LogP contribution >= 0.6 is 11.8 Å². The third kappa shape index (κ3) is 4.63. The number of hydrogen-bond donors (Lipinski definition) is 1. The van der Waals surface area contributed by atoms with Gasteiger partial charge in [-0.1, -0.05) is 6.92 Å². The second kappa shape index (κ2) is 7.16. The smallest absolute Gasteiger partial charge is 0.232 e. The number of hydrogen-bond acceptors (Lipinski definition) is 3. The first-order valence-electron chi connectivity index (χ1n) is 7.40. The highest BCUT2D eigenvalue weighted by atomic mass is 32.2. The molecule has 0 radical (unpaired) electrons. The highest BCUT2D eigenvalue weighted by molar-refractivity contribution is 8.00. The van der Waals surface area contributed by atoms with Crippen molar-refractivity contribution in [3.63, 3.8) is 0 Å². The Morgan fingerprint density at radius 3 is 2.62 bits per heavy atom. The van der Waals surface area contributed by atoms with Crippen LogP contribution in [0.3, 0.4) is 0 Å². The Morgan fingerprint density at radius 2 is 2.00 bits per heavy atom. The standard InChI is InChI=1S/C16H23FN2OS/c1-11-3-5-14(6-4-11)19(2)16(20)10-21-15-8-12(17)7-13(18)9-15/h7-9,11,14H,3-6,10,18H2,1-2H3. The Kier molecular flexibility index (Phi) is 5.51. The number of anilines is 1. The van der Waals surface area contributed by atoms with Gasteiger partial charge in [-0.05, 0) is 49.8 Å². The van der Waals surface area contributed by atoms with E-state index in [9.17, 15) is 9.18 Å². The minimum absolute atomic E-state index is 0.0994. The number of carbonyl (C=O) groups is 1. The molecule has 2 N–H and O–H groups in total. The molecule has 1 aliphatic rings. The van der Waals surface area contributed by atoms with Crippen LogP contribution in [0.2, 0.25) is 0 Å². The van der Waals surface area contributed by atoms with Crippen LogP contribution in [0, 0.1) is 11.7 Å². The topological polar surface area (TPSA) is 46.3 Å². The number of nitrogen functional groups attached to an aromatic ring is 1. The van der Waals surface area contributed by atoms with Gasteiger partial charge in [-0.2, -0.15) is 0 Å². The summed E-state index contributed by atoms with van der Waals surface area (Å²) in [5.41, 5.74) is 6.00. The van der Waals surface area contributed by atoms with Gasteiger partial charge in [0.25, 0.3) is 0 Å². The molecule has 0 saturated heterocycles. The van der Waals surface area contributed by atoms with Crippen LogP contribution in [0.5, 0.6) is 0 Å². The largest absolute Gasteiger partial charge is 0.399 e. The third-order valence-electron chi connectivity index (χ3n) is 4.18. The molecule has 1 aliphatic carbocycles. The molecule has 2 rings (SSSR count). The predicted octanol–water partition coefficient (Wildman–Crippen LogP) is 3.54. The maximum Gasteiger partial charge on any atom is 0.232 e. The summed E-state index contributed by atoms with van der Waals surface area (Å²) in [4.78, 5) is 14.8. The van der Waals surface area contributed by atoms with Gasteiger partial charge in [-0.25, -0.2) is 4.39 Å². The van der Waals surface area contributed by atoms with E-state index in [0.717, 1.165) is 18.8 Å². The Bertz CT molecular complexity index is 481. The lowest BCUT2D eigenvalue weighted by molar-refractivity contribution is -0.129. The molecule has 1 saturated carbocycles. The molecule has 0 unspecified atom stereocenters. The lowest BCUT2D eigenvalue weighted by Gasteiger charge is -2.33. The summed E-state index contributed by atoms with van der Waals surface area (Å²) in [5.74, 6) is 0.835. The van der Waals surface area contributed by atoms with Gasteiger partial charge in [0.05, 0.1) is 5.75 Å². The quantitative estimate of drug-likeness (QED) is 0.683. The molecule has 3 nitrogen and oxygen atoms in total. The summed E-state index contributed by atoms with van der Waals surface area (Å²) in [5, 5.41) is 0. The number of thioether (sulfide) groups is 1. The fourth-order valence-corrected chi connectivity index (χ4v) is 3.66. The fourth-order valence-electron chi connectivity index (χ4n) is 2.75. The number of benzene rings is 1. The van der Waals surface area contributed by atoms with Gasteiger partial charge in [0.2, 0.25) is 5.91 Å². The van der Waals surface area contributed by atoms with Gasteiger partial charge in [0.1, 0.15) is 5.82 Å². The monoisotopic (exact) mass is 310 g/mol. The number of rotatable bonds is 4. The average molecular weight is 310 g/mol. The second-order valence-corrected chi connectivity index (χ2v) is 6.98. The zero-order chi connectivity index (χ0) is 15.4. The fraction of sp³-hybridized carbons (Fsp3) is 0.562. The van der Waals surface area contributed by atoms with E-state index < -0.39 is 0 Å². The van der Waals surface area contributed by atoms with E-state index in [0.29, 0.717) is 22.4 Å². The van der Waals surface area contributed by atoms with Gasteiger partial charge in [0, 0.05) is 23.7 Å². The highest BCUT2D eigenvalue weighted by Crippen LogP contribution is 2.28. The second-order valence-electron chi connectivity index (χ2n) is 5.93. The van der Waals surface area contributed by atoms with E-state index in [1.54, 1.807) is 6.07 Å². The predicted molar refractivity (Wildman–Crippen MR) is 85.7 cm³/mol. The van der Waals surface area contributed by atoms with Gasteiger partial charge in [-0.15, -0.1) is 11.8 Å². The van der Waals surface area contributed by atoms with Gasteiger partial charge >= 0.3 is 0 Å². The Morgan fingerprint density at radius 1 is 1.33 bits per heavy atom. The molecule has 0 atom stereocenters. The zero-order valence-corrected chi connectivity index (χ0v) is 13.5. The molecule has 0 bridgehead atoms. The summed E-state index contributed by atoms with van der Waals surface area (Å²) in [6, 6.07) is 4.74. The van der Waals surface area contributed by atoms with Crippen molar-refractivity contribution in [2.24, 2.45) is 5.92 Å². The zero-order valence-electron chi connectivity index (χ0n) is 12.6. The number of halogens is 1. The number of nitrogens with two attached hydrogens (primary N) is 1. The highest BCUT2D eigenvalue weighted by Gasteiger charge is 2.24. The maximum absolute atomic E-state index is 13.2.